The Bertz CT molecular complexity index is 164. The third-order valence-electron chi connectivity index (χ3n) is 2.78. The number of rotatable bonds is 3. The molecule has 1 aliphatic rings. The molecule has 13 heavy (non-hydrogen) atoms. The monoisotopic (exact) mass is 201 g/mol. The van der Waals surface area contributed by atoms with Crippen LogP contribution >= 0.6 is 11.8 Å². The SMILES string of the molecule is CNC1CCC(CSC(C)=O)CC1. The highest BCUT2D eigenvalue weighted by Crippen LogP contribution is 2.27. The van der Waals surface area contributed by atoms with Crippen LogP contribution in [0.1, 0.15) is 32.6 Å². The van der Waals surface area contributed by atoms with E-state index < -0.39 is 0 Å². The quantitative estimate of drug-likeness (QED) is 0.757. The fourth-order valence-electron chi connectivity index (χ4n) is 1.85. The number of thioether (sulfide) groups is 1. The second kappa shape index (κ2) is 5.66. The number of carbonyl (C=O) groups excluding carboxylic acids is 1. The lowest BCUT2D eigenvalue weighted by Gasteiger charge is -2.27. The lowest BCUT2D eigenvalue weighted by atomic mass is 9.87. The first kappa shape index (κ1) is 11.1. The predicted octanol–water partition coefficient (Wildman–Crippen LogP) is 2.04. The van der Waals surface area contributed by atoms with E-state index in [2.05, 4.69) is 5.32 Å². The first-order valence-corrected chi connectivity index (χ1v) is 6.01. The Balaban J connectivity index is 2.14. The molecule has 0 saturated heterocycles. The van der Waals surface area contributed by atoms with Crippen molar-refractivity contribution in [2.45, 2.75) is 38.6 Å². The number of nitrogens with one attached hydrogen (secondary N) is 1. The summed E-state index contributed by atoms with van der Waals surface area (Å²) in [4.78, 5) is 10.8. The average molecular weight is 201 g/mol. The van der Waals surface area contributed by atoms with Crippen molar-refractivity contribution in [1.82, 2.24) is 5.32 Å². The van der Waals surface area contributed by atoms with E-state index >= 15 is 0 Å². The van der Waals surface area contributed by atoms with Crippen molar-refractivity contribution >= 4 is 16.9 Å². The van der Waals surface area contributed by atoms with Crippen LogP contribution in [-0.2, 0) is 4.79 Å². The van der Waals surface area contributed by atoms with Gasteiger partial charge in [0.1, 0.15) is 0 Å². The van der Waals surface area contributed by atoms with Crippen molar-refractivity contribution in [3.05, 3.63) is 0 Å². The van der Waals surface area contributed by atoms with Crippen LogP contribution in [0.3, 0.4) is 0 Å². The Labute approximate surface area is 84.9 Å². The highest BCUT2D eigenvalue weighted by Gasteiger charge is 2.19. The van der Waals surface area contributed by atoms with E-state index in [4.69, 9.17) is 0 Å². The molecule has 1 rings (SSSR count). The Kier molecular flexibility index (Phi) is 4.81. The summed E-state index contributed by atoms with van der Waals surface area (Å²) in [7, 11) is 2.04. The van der Waals surface area contributed by atoms with Gasteiger partial charge in [-0.15, -0.1) is 0 Å². The zero-order chi connectivity index (χ0) is 9.68. The minimum Gasteiger partial charge on any atom is -0.317 e. The van der Waals surface area contributed by atoms with Crippen molar-refractivity contribution < 1.29 is 4.79 Å². The second-order valence-electron chi connectivity index (χ2n) is 3.81. The first-order valence-electron chi connectivity index (χ1n) is 5.03. The molecule has 1 aliphatic carbocycles. The largest absolute Gasteiger partial charge is 0.317 e. The molecule has 0 atom stereocenters. The summed E-state index contributed by atoms with van der Waals surface area (Å²) in [6.07, 6.45) is 5.12. The second-order valence-corrected chi connectivity index (χ2v) is 5.01. The molecule has 0 spiro atoms. The highest BCUT2D eigenvalue weighted by atomic mass is 32.2. The van der Waals surface area contributed by atoms with E-state index in [-0.39, 0.29) is 5.12 Å². The van der Waals surface area contributed by atoms with Gasteiger partial charge in [-0.1, -0.05) is 11.8 Å². The van der Waals surface area contributed by atoms with Crippen LogP contribution < -0.4 is 5.32 Å². The van der Waals surface area contributed by atoms with Gasteiger partial charge in [-0.2, -0.15) is 0 Å². The van der Waals surface area contributed by atoms with Gasteiger partial charge in [-0.3, -0.25) is 4.79 Å². The maximum atomic E-state index is 10.8. The molecule has 2 nitrogen and oxygen atoms in total. The Morgan fingerprint density at radius 3 is 2.46 bits per heavy atom. The molecule has 0 unspecified atom stereocenters. The minimum atomic E-state index is 0.260. The molecule has 1 N–H and O–H groups in total. The number of hydrogen-bond donors (Lipinski definition) is 1. The van der Waals surface area contributed by atoms with Gasteiger partial charge < -0.3 is 5.32 Å². The zero-order valence-corrected chi connectivity index (χ0v) is 9.32. The predicted molar refractivity (Wildman–Crippen MR) is 57.9 cm³/mol. The summed E-state index contributed by atoms with van der Waals surface area (Å²) in [5, 5.41) is 3.58. The van der Waals surface area contributed by atoms with Crippen molar-refractivity contribution in [3.63, 3.8) is 0 Å². The van der Waals surface area contributed by atoms with Crippen molar-refractivity contribution in [2.24, 2.45) is 5.92 Å². The van der Waals surface area contributed by atoms with Crippen LogP contribution in [0.2, 0.25) is 0 Å². The van der Waals surface area contributed by atoms with Crippen LogP contribution in [0, 0.1) is 5.92 Å². The zero-order valence-electron chi connectivity index (χ0n) is 8.51. The van der Waals surface area contributed by atoms with Gasteiger partial charge in [0.05, 0.1) is 0 Å². The van der Waals surface area contributed by atoms with E-state index in [1.54, 1.807) is 6.92 Å². The van der Waals surface area contributed by atoms with Crippen molar-refractivity contribution in [2.75, 3.05) is 12.8 Å². The Hall–Kier alpha value is -0.0200. The highest BCUT2D eigenvalue weighted by molar-refractivity contribution is 8.13. The molecule has 0 aliphatic heterocycles. The van der Waals surface area contributed by atoms with Crippen molar-refractivity contribution in [1.29, 1.82) is 0 Å². The molecule has 76 valence electrons. The molecule has 0 heterocycles. The molecule has 3 heteroatoms. The third-order valence-corrected chi connectivity index (χ3v) is 3.82. The summed E-state index contributed by atoms with van der Waals surface area (Å²) in [5.74, 6) is 1.81. The maximum absolute atomic E-state index is 10.8. The van der Waals surface area contributed by atoms with E-state index in [0.717, 1.165) is 17.7 Å². The Morgan fingerprint density at radius 1 is 1.38 bits per heavy atom. The van der Waals surface area contributed by atoms with Crippen molar-refractivity contribution in [3.8, 4) is 0 Å². The van der Waals surface area contributed by atoms with E-state index in [1.807, 2.05) is 7.05 Å². The number of carbonyl (C=O) groups is 1. The van der Waals surface area contributed by atoms with Crippen LogP contribution in [0.5, 0.6) is 0 Å². The fourth-order valence-corrected chi connectivity index (χ4v) is 2.66. The van der Waals surface area contributed by atoms with Gasteiger partial charge >= 0.3 is 0 Å². The summed E-state index contributed by atoms with van der Waals surface area (Å²) in [6.45, 7) is 1.66. The van der Waals surface area contributed by atoms with Gasteiger partial charge in [-0.25, -0.2) is 0 Å². The summed E-state index contributed by atoms with van der Waals surface area (Å²) < 4.78 is 0. The van der Waals surface area contributed by atoms with E-state index in [0.29, 0.717) is 0 Å². The smallest absolute Gasteiger partial charge is 0.185 e. The molecular weight excluding hydrogens is 182 g/mol. The molecule has 0 radical (unpaired) electrons. The van der Waals surface area contributed by atoms with Gasteiger partial charge in [0.15, 0.2) is 5.12 Å². The normalized spacial score (nSPS) is 28.8. The van der Waals surface area contributed by atoms with Crippen LogP contribution in [0.25, 0.3) is 0 Å². The molecule has 0 aromatic carbocycles. The lowest BCUT2D eigenvalue weighted by Crippen LogP contribution is -2.30. The van der Waals surface area contributed by atoms with E-state index in [1.165, 1.54) is 37.4 Å². The molecule has 0 bridgehead atoms. The Morgan fingerprint density at radius 2 is 2.00 bits per heavy atom. The van der Waals surface area contributed by atoms with Gasteiger partial charge in [-0.05, 0) is 38.6 Å². The topological polar surface area (TPSA) is 29.1 Å². The molecule has 1 fully saturated rings. The molecule has 0 aromatic heterocycles. The summed E-state index contributed by atoms with van der Waals surface area (Å²) in [5.41, 5.74) is 0. The van der Waals surface area contributed by atoms with Gasteiger partial charge in [0.2, 0.25) is 0 Å². The third kappa shape index (κ3) is 4.14. The molecule has 1 saturated carbocycles. The van der Waals surface area contributed by atoms with Crippen LogP contribution in [0.15, 0.2) is 0 Å². The summed E-state index contributed by atoms with van der Waals surface area (Å²) >= 11 is 1.49. The first-order chi connectivity index (χ1) is 6.22. The van der Waals surface area contributed by atoms with Crippen LogP contribution in [-0.4, -0.2) is 24.0 Å². The molecule has 0 aromatic rings. The van der Waals surface area contributed by atoms with Gasteiger partial charge in [0, 0.05) is 18.7 Å². The van der Waals surface area contributed by atoms with E-state index in [9.17, 15) is 4.79 Å². The standard InChI is InChI=1S/C10H19NOS/c1-8(12)13-7-9-3-5-10(11-2)6-4-9/h9-11H,3-7H2,1-2H3. The minimum absolute atomic E-state index is 0.260. The average Bonchev–Trinajstić information content (AvgIpc) is 2.15. The maximum Gasteiger partial charge on any atom is 0.185 e. The van der Waals surface area contributed by atoms with Crippen LogP contribution in [0.4, 0.5) is 0 Å². The molecule has 0 amide bonds. The lowest BCUT2D eigenvalue weighted by molar-refractivity contribution is -0.109. The summed E-state index contributed by atoms with van der Waals surface area (Å²) in [6, 6.07) is 0.721. The van der Waals surface area contributed by atoms with Gasteiger partial charge in [0.25, 0.3) is 0 Å². The molecular formula is C10H19NOS. The fraction of sp³-hybridized carbons (Fsp3) is 0.900. The number of hydrogen-bond acceptors (Lipinski definition) is 3.